The van der Waals surface area contributed by atoms with E-state index >= 15 is 0 Å². The molecule has 0 spiro atoms. The van der Waals surface area contributed by atoms with Gasteiger partial charge in [0, 0.05) is 0 Å². The Bertz CT molecular complexity index is 205. The second kappa shape index (κ2) is 5.49. The molecule has 0 radical (unpaired) electrons. The smallest absolute Gasteiger partial charge is 0.416 e. The summed E-state index contributed by atoms with van der Waals surface area (Å²) in [4.78, 5) is 13.9. The maximum absolute atomic E-state index is 11.0. The third-order valence-electron chi connectivity index (χ3n) is 1.23. The first-order chi connectivity index (χ1) is 5.61. The third kappa shape index (κ3) is 3.88. The summed E-state index contributed by atoms with van der Waals surface area (Å²) in [5.74, 6) is -0.256. The zero-order chi connectivity index (χ0) is 9.56. The molecule has 0 rings (SSSR count). The quantitative estimate of drug-likeness (QED) is 0.276. The van der Waals surface area contributed by atoms with Crippen LogP contribution in [-0.4, -0.2) is 23.1 Å². The molecule has 0 unspecified atom stereocenters. The summed E-state index contributed by atoms with van der Waals surface area (Å²) < 4.78 is 4.67. The van der Waals surface area contributed by atoms with Crippen LogP contribution in [0.1, 0.15) is 27.2 Å². The van der Waals surface area contributed by atoms with E-state index in [0.717, 1.165) is 0 Å². The Hall–Kier alpha value is -1.15. The van der Waals surface area contributed by atoms with E-state index in [0.29, 0.717) is 13.0 Å². The normalized spacial score (nSPS) is 9.33. The Morgan fingerprint density at radius 3 is 2.50 bits per heavy atom. The molecule has 0 saturated heterocycles. The second-order valence-electron chi connectivity index (χ2n) is 2.87. The molecule has 4 heteroatoms. The lowest BCUT2D eigenvalue weighted by atomic mass is 10.1. The third-order valence-corrected chi connectivity index (χ3v) is 1.23. The van der Waals surface area contributed by atoms with Crippen molar-refractivity contribution in [3.63, 3.8) is 0 Å². The molecular formula is C8H14N2O2. The molecule has 0 saturated carbocycles. The van der Waals surface area contributed by atoms with Gasteiger partial charge in [0.05, 0.1) is 13.0 Å². The molecule has 0 aromatic carbocycles. The van der Waals surface area contributed by atoms with Gasteiger partial charge in [-0.15, -0.1) is 0 Å². The van der Waals surface area contributed by atoms with Crippen molar-refractivity contribution in [2.24, 2.45) is 5.92 Å². The summed E-state index contributed by atoms with van der Waals surface area (Å²) in [5, 5.41) is 0. The maximum atomic E-state index is 11.0. The molecule has 0 aliphatic heterocycles. The number of esters is 1. The lowest BCUT2D eigenvalue weighted by molar-refractivity contribution is -0.140. The first-order valence-electron chi connectivity index (χ1n) is 3.99. The van der Waals surface area contributed by atoms with Crippen LogP contribution >= 0.6 is 0 Å². The molecule has 0 aromatic rings. The Kier molecular flexibility index (Phi) is 4.97. The number of hydrogen-bond donors (Lipinski definition) is 0. The zero-order valence-electron chi connectivity index (χ0n) is 7.70. The van der Waals surface area contributed by atoms with Gasteiger partial charge in [-0.25, -0.2) is 4.79 Å². The highest BCUT2D eigenvalue weighted by Crippen LogP contribution is 2.00. The molecule has 0 fully saturated rings. The fourth-order valence-electron chi connectivity index (χ4n) is 0.766. The zero-order valence-corrected chi connectivity index (χ0v) is 7.70. The van der Waals surface area contributed by atoms with E-state index in [-0.39, 0.29) is 11.6 Å². The molecule has 12 heavy (non-hydrogen) atoms. The van der Waals surface area contributed by atoms with Crippen molar-refractivity contribution < 1.29 is 14.3 Å². The van der Waals surface area contributed by atoms with Gasteiger partial charge < -0.3 is 10.3 Å². The first kappa shape index (κ1) is 10.8. The van der Waals surface area contributed by atoms with Crippen LogP contribution in [0.3, 0.4) is 0 Å². The van der Waals surface area contributed by atoms with Crippen LogP contribution in [0.25, 0.3) is 5.53 Å². The number of carbonyl (C=O) groups excluding carboxylic acids is 1. The Morgan fingerprint density at radius 2 is 2.17 bits per heavy atom. The van der Waals surface area contributed by atoms with Crippen LogP contribution in [0.4, 0.5) is 0 Å². The fourth-order valence-corrected chi connectivity index (χ4v) is 0.766. The van der Waals surface area contributed by atoms with Crippen molar-refractivity contribution in [2.45, 2.75) is 27.2 Å². The monoisotopic (exact) mass is 170 g/mol. The highest BCUT2D eigenvalue weighted by atomic mass is 16.5. The molecule has 0 aliphatic carbocycles. The van der Waals surface area contributed by atoms with Crippen LogP contribution < -0.4 is 0 Å². The van der Waals surface area contributed by atoms with Gasteiger partial charge in [-0.2, -0.15) is 4.79 Å². The van der Waals surface area contributed by atoms with E-state index in [1.807, 2.05) is 13.8 Å². The molecule has 68 valence electrons. The average molecular weight is 170 g/mol. The van der Waals surface area contributed by atoms with E-state index in [2.05, 4.69) is 9.53 Å². The molecule has 4 nitrogen and oxygen atoms in total. The van der Waals surface area contributed by atoms with Gasteiger partial charge in [-0.1, -0.05) is 13.8 Å². The van der Waals surface area contributed by atoms with Gasteiger partial charge in [-0.3, -0.25) is 0 Å². The number of ether oxygens (including phenoxy) is 1. The molecule has 0 aliphatic rings. The summed E-state index contributed by atoms with van der Waals surface area (Å²) in [6.45, 7) is 5.88. The molecule has 0 atom stereocenters. The predicted octanol–water partition coefficient (Wildman–Crippen LogP) is 1.27. The molecule has 0 heterocycles. The van der Waals surface area contributed by atoms with E-state index < -0.39 is 5.97 Å². The van der Waals surface area contributed by atoms with Gasteiger partial charge in [-0.05, 0) is 12.8 Å². The van der Waals surface area contributed by atoms with Gasteiger partial charge in [0.25, 0.3) is 0 Å². The number of nitrogens with zero attached hydrogens (tertiary/aromatic N) is 2. The van der Waals surface area contributed by atoms with Crippen LogP contribution in [0.2, 0.25) is 0 Å². The van der Waals surface area contributed by atoms with Crippen LogP contribution in [-0.2, 0) is 9.53 Å². The minimum Gasteiger partial charge on any atom is -0.457 e. The molecular weight excluding hydrogens is 156 g/mol. The fraction of sp³-hybridized carbons (Fsp3) is 0.750. The van der Waals surface area contributed by atoms with Gasteiger partial charge in [0.15, 0.2) is 0 Å². The lowest BCUT2D eigenvalue weighted by Gasteiger charge is -1.99. The first-order valence-corrected chi connectivity index (χ1v) is 3.99. The highest BCUT2D eigenvalue weighted by molar-refractivity contribution is 6.33. The number of hydrogen-bond acceptors (Lipinski definition) is 2. The van der Waals surface area contributed by atoms with Crippen LogP contribution in [0.15, 0.2) is 0 Å². The summed E-state index contributed by atoms with van der Waals surface area (Å²) in [5.41, 5.74) is 8.55. The van der Waals surface area contributed by atoms with Gasteiger partial charge >= 0.3 is 11.7 Å². The van der Waals surface area contributed by atoms with Crippen molar-refractivity contribution in [3.05, 3.63) is 5.53 Å². The van der Waals surface area contributed by atoms with Crippen molar-refractivity contribution >= 4 is 11.7 Å². The van der Waals surface area contributed by atoms with Crippen molar-refractivity contribution in [1.29, 1.82) is 0 Å². The Labute approximate surface area is 72.2 Å². The summed E-state index contributed by atoms with van der Waals surface area (Å²) in [7, 11) is 0. The minimum atomic E-state index is -0.534. The van der Waals surface area contributed by atoms with E-state index in [1.165, 1.54) is 0 Å². The minimum absolute atomic E-state index is 0.0897. The maximum Gasteiger partial charge on any atom is 0.416 e. The largest absolute Gasteiger partial charge is 0.457 e. The summed E-state index contributed by atoms with van der Waals surface area (Å²) in [6, 6.07) is 0. The van der Waals surface area contributed by atoms with Crippen LogP contribution in [0, 0.1) is 5.92 Å². The Balaban J connectivity index is 4.18. The van der Waals surface area contributed by atoms with E-state index in [1.54, 1.807) is 6.92 Å². The van der Waals surface area contributed by atoms with Crippen LogP contribution in [0.5, 0.6) is 0 Å². The number of carbonyl (C=O) groups is 1. The summed E-state index contributed by atoms with van der Waals surface area (Å²) in [6.07, 6.45) is 0.440. The van der Waals surface area contributed by atoms with Crippen molar-refractivity contribution in [1.82, 2.24) is 0 Å². The second-order valence-corrected chi connectivity index (χ2v) is 2.87. The van der Waals surface area contributed by atoms with Crippen molar-refractivity contribution in [3.8, 4) is 0 Å². The SMILES string of the molecule is CCOC(=O)C(CC(C)C)=[N+]=[N-]. The number of rotatable bonds is 4. The lowest BCUT2D eigenvalue weighted by Crippen LogP contribution is -2.20. The topological polar surface area (TPSA) is 62.7 Å². The standard InChI is InChI=1S/C8H14N2O2/c1-4-12-8(11)7(10-9)5-6(2)3/h6H,4-5H2,1-3H3. The van der Waals surface area contributed by atoms with Gasteiger partial charge in [0.1, 0.15) is 0 Å². The average Bonchev–Trinajstić information content (AvgIpc) is 2.00. The van der Waals surface area contributed by atoms with E-state index in [4.69, 9.17) is 5.53 Å². The highest BCUT2D eigenvalue weighted by Gasteiger charge is 2.22. The van der Waals surface area contributed by atoms with Crippen molar-refractivity contribution in [2.75, 3.05) is 6.61 Å². The molecule has 0 amide bonds. The molecule has 0 aromatic heterocycles. The molecule has 0 N–H and O–H groups in total. The Morgan fingerprint density at radius 1 is 1.58 bits per heavy atom. The van der Waals surface area contributed by atoms with E-state index in [9.17, 15) is 4.79 Å². The summed E-state index contributed by atoms with van der Waals surface area (Å²) >= 11 is 0. The van der Waals surface area contributed by atoms with Gasteiger partial charge in [0.2, 0.25) is 0 Å². The molecule has 0 bridgehead atoms. The predicted molar refractivity (Wildman–Crippen MR) is 44.7 cm³/mol.